The van der Waals surface area contributed by atoms with Gasteiger partial charge in [-0.15, -0.1) is 0 Å². The third kappa shape index (κ3) is 5.85. The van der Waals surface area contributed by atoms with Gasteiger partial charge in [0.1, 0.15) is 23.7 Å². The molecule has 4 aliphatic heterocycles. The van der Waals surface area contributed by atoms with Crippen LogP contribution in [0.2, 0.25) is 5.02 Å². The van der Waals surface area contributed by atoms with Gasteiger partial charge in [0.2, 0.25) is 11.8 Å². The van der Waals surface area contributed by atoms with Crippen molar-refractivity contribution in [2.24, 2.45) is 11.8 Å². The van der Waals surface area contributed by atoms with E-state index in [2.05, 4.69) is 5.32 Å². The molecule has 1 spiro atoms. The molecule has 0 bridgehead atoms. The molecule has 0 saturated carbocycles. The van der Waals surface area contributed by atoms with Gasteiger partial charge < -0.3 is 29.7 Å². The third-order valence-electron chi connectivity index (χ3n) is 9.29. The van der Waals surface area contributed by atoms with Crippen LogP contribution in [0.1, 0.15) is 44.3 Å². The molecule has 2 saturated heterocycles. The first-order valence-corrected chi connectivity index (χ1v) is 16.2. The summed E-state index contributed by atoms with van der Waals surface area (Å²) in [6.07, 6.45) is 6.91. The molecular formula is C35H38ClN3O7. The maximum absolute atomic E-state index is 14.5. The Morgan fingerprint density at radius 2 is 1.76 bits per heavy atom. The fraction of sp³-hybridized carbons (Fsp3) is 0.429. The lowest BCUT2D eigenvalue weighted by Gasteiger charge is -2.35. The van der Waals surface area contributed by atoms with Gasteiger partial charge in [0, 0.05) is 36.8 Å². The van der Waals surface area contributed by atoms with Crippen LogP contribution in [-0.2, 0) is 28.7 Å². The summed E-state index contributed by atoms with van der Waals surface area (Å²) in [7, 11) is 0. The van der Waals surface area contributed by atoms with Crippen LogP contribution in [0.15, 0.2) is 78.9 Å². The Morgan fingerprint density at radius 3 is 2.50 bits per heavy atom. The number of hydrogen-bond donors (Lipinski definition) is 2. The first-order valence-electron chi connectivity index (χ1n) is 15.8. The van der Waals surface area contributed by atoms with Crippen LogP contribution >= 0.6 is 11.6 Å². The van der Waals surface area contributed by atoms with E-state index >= 15 is 0 Å². The average molecular weight is 648 g/mol. The predicted molar refractivity (Wildman–Crippen MR) is 171 cm³/mol. The van der Waals surface area contributed by atoms with Crippen LogP contribution in [0.4, 0.5) is 5.69 Å². The van der Waals surface area contributed by atoms with Crippen LogP contribution < -0.4 is 10.2 Å². The number of esters is 1. The summed E-state index contributed by atoms with van der Waals surface area (Å²) in [5.41, 5.74) is -0.135. The Morgan fingerprint density at radius 1 is 1.00 bits per heavy atom. The Balaban J connectivity index is 1.43. The number of carbonyl (C=O) groups is 4. The van der Waals surface area contributed by atoms with Crippen LogP contribution in [0, 0.1) is 11.8 Å². The molecule has 2 aromatic carbocycles. The number of anilines is 1. The smallest absolute Gasteiger partial charge is 0.313 e. The first-order chi connectivity index (χ1) is 22.2. The summed E-state index contributed by atoms with van der Waals surface area (Å²) >= 11 is 6.13. The minimum Gasteiger partial charge on any atom is -0.455 e. The lowest BCUT2D eigenvalue weighted by molar-refractivity contribution is -0.161. The highest BCUT2D eigenvalue weighted by Gasteiger charge is 2.71. The van der Waals surface area contributed by atoms with Crippen molar-refractivity contribution in [3.05, 3.63) is 89.5 Å². The second-order valence-corrected chi connectivity index (χ2v) is 12.7. The number of nitrogens with one attached hydrogen (secondary N) is 1. The highest BCUT2D eigenvalue weighted by molar-refractivity contribution is 6.30. The SMILES string of the molecule is C[C@H]1NC(=O)CC/C=C\[C@H]2O[C@]34C=CCN(c5ccc(Cl)cc5)C(=O)[C@H]3N(CCCCO)C(=O)[C@@H]4[C@H]2C(=O)O[C@@H]1c1ccccc1. The van der Waals surface area contributed by atoms with Crippen molar-refractivity contribution in [3.8, 4) is 0 Å². The van der Waals surface area contributed by atoms with Crippen molar-refractivity contribution in [1.82, 2.24) is 10.2 Å². The summed E-state index contributed by atoms with van der Waals surface area (Å²) in [4.78, 5) is 59.2. The van der Waals surface area contributed by atoms with Crippen molar-refractivity contribution in [3.63, 3.8) is 0 Å². The molecule has 0 radical (unpaired) electrons. The van der Waals surface area contributed by atoms with Crippen molar-refractivity contribution >= 4 is 41.0 Å². The molecule has 10 nitrogen and oxygen atoms in total. The average Bonchev–Trinajstić information content (AvgIpc) is 3.43. The quantitative estimate of drug-likeness (QED) is 0.278. The fourth-order valence-corrected chi connectivity index (χ4v) is 7.32. The lowest BCUT2D eigenvalue weighted by Crippen LogP contribution is -2.55. The number of ether oxygens (including phenoxy) is 2. The van der Waals surface area contributed by atoms with Crippen molar-refractivity contribution < 1.29 is 33.8 Å². The highest BCUT2D eigenvalue weighted by atomic mass is 35.5. The molecule has 2 aromatic rings. The number of hydrogen-bond acceptors (Lipinski definition) is 7. The molecule has 2 N–H and O–H groups in total. The zero-order valence-electron chi connectivity index (χ0n) is 25.6. The lowest BCUT2D eigenvalue weighted by atomic mass is 9.77. The van der Waals surface area contributed by atoms with Crippen molar-refractivity contribution in [1.29, 1.82) is 0 Å². The summed E-state index contributed by atoms with van der Waals surface area (Å²) in [5, 5.41) is 13.0. The number of carbonyl (C=O) groups excluding carboxylic acids is 4. The van der Waals surface area contributed by atoms with Crippen molar-refractivity contribution in [2.75, 3.05) is 24.6 Å². The topological polar surface area (TPSA) is 125 Å². The molecule has 0 aromatic heterocycles. The number of fused-ring (bicyclic) bond motifs is 2. The largest absolute Gasteiger partial charge is 0.455 e. The Bertz CT molecular complexity index is 1530. The number of benzene rings is 2. The third-order valence-corrected chi connectivity index (χ3v) is 9.54. The van der Waals surface area contributed by atoms with E-state index in [1.54, 1.807) is 54.3 Å². The number of likely N-dealkylation sites (tertiary alicyclic amines) is 1. The molecule has 4 aliphatic rings. The summed E-state index contributed by atoms with van der Waals surface area (Å²) in [5.74, 6) is -3.63. The number of cyclic esters (lactones) is 1. The second-order valence-electron chi connectivity index (χ2n) is 12.2. The van der Waals surface area contributed by atoms with E-state index in [-0.39, 0.29) is 43.8 Å². The summed E-state index contributed by atoms with van der Waals surface area (Å²) in [6.45, 7) is 2.16. The second kappa shape index (κ2) is 13.4. The number of rotatable bonds is 6. The van der Waals surface area contributed by atoms with Crippen LogP contribution in [0.25, 0.3) is 0 Å². The van der Waals surface area contributed by atoms with E-state index in [0.717, 1.165) is 0 Å². The maximum Gasteiger partial charge on any atom is 0.313 e. The van der Waals surface area contributed by atoms with Gasteiger partial charge in [-0.3, -0.25) is 19.2 Å². The minimum atomic E-state index is -1.45. The zero-order chi connectivity index (χ0) is 32.4. The van der Waals surface area contributed by atoms with Gasteiger partial charge in [0.05, 0.1) is 18.1 Å². The van der Waals surface area contributed by atoms with Gasteiger partial charge in [-0.2, -0.15) is 0 Å². The molecule has 46 heavy (non-hydrogen) atoms. The van der Waals surface area contributed by atoms with Gasteiger partial charge in [-0.05, 0) is 56.0 Å². The van der Waals surface area contributed by atoms with E-state index < -0.39 is 47.7 Å². The molecule has 6 rings (SSSR count). The number of allylic oxidation sites excluding steroid dienone is 1. The fourth-order valence-electron chi connectivity index (χ4n) is 7.19. The normalized spacial score (nSPS) is 32.0. The standard InChI is InChI=1S/C35H38ClN3O7/c1-22-30(23-10-3-2-4-11-23)45-34(44)28-26(12-5-6-13-27(41)37-22)46-35-18-9-20-38(25-16-14-24(36)15-17-25)33(43)31(35)39(19-7-8-21-40)32(42)29(28)35/h2-5,9-12,14-18,22,26,28-31,40H,6-8,13,19-21H2,1H3,(H,37,41)/b12-5-/t22-,26-,28+,29+,30+,31-,35+/m1/s1. The molecule has 4 heterocycles. The van der Waals surface area contributed by atoms with Crippen molar-refractivity contribution in [2.45, 2.75) is 62.5 Å². The maximum atomic E-state index is 14.5. The summed E-state index contributed by atoms with van der Waals surface area (Å²) < 4.78 is 13.0. The van der Waals surface area contributed by atoms with E-state index in [0.29, 0.717) is 35.5 Å². The zero-order valence-corrected chi connectivity index (χ0v) is 26.3. The molecule has 3 amide bonds. The number of aliphatic hydroxyl groups is 1. The number of halogens is 1. The van der Waals surface area contributed by atoms with Gasteiger partial charge >= 0.3 is 5.97 Å². The Labute approximate surface area is 273 Å². The molecule has 242 valence electrons. The number of nitrogens with zero attached hydrogens (tertiary/aromatic N) is 2. The number of aliphatic hydroxyl groups excluding tert-OH is 1. The van der Waals surface area contributed by atoms with E-state index in [4.69, 9.17) is 21.1 Å². The Hall–Kier alpha value is -3.99. The molecule has 7 atom stereocenters. The van der Waals surface area contributed by atoms with Gasteiger partial charge in [0.25, 0.3) is 5.91 Å². The summed E-state index contributed by atoms with van der Waals surface area (Å²) in [6, 6.07) is 14.5. The van der Waals surface area contributed by atoms with E-state index in [9.17, 15) is 24.3 Å². The molecule has 0 unspecified atom stereocenters. The van der Waals surface area contributed by atoms with E-state index in [1.165, 1.54) is 4.90 Å². The van der Waals surface area contributed by atoms with Gasteiger partial charge in [0.15, 0.2) is 0 Å². The monoisotopic (exact) mass is 647 g/mol. The molecule has 0 aliphatic carbocycles. The number of amides is 3. The minimum absolute atomic E-state index is 0.0556. The van der Waals surface area contributed by atoms with Gasteiger partial charge in [-0.25, -0.2) is 0 Å². The predicted octanol–water partition coefficient (Wildman–Crippen LogP) is 3.74. The Kier molecular flexibility index (Phi) is 9.31. The number of unbranched alkanes of at least 4 members (excludes halogenated alkanes) is 1. The molecule has 2 fully saturated rings. The van der Waals surface area contributed by atoms with Crippen LogP contribution in [0.5, 0.6) is 0 Å². The molecule has 11 heteroatoms. The van der Waals surface area contributed by atoms with Crippen LogP contribution in [-0.4, -0.2) is 77.2 Å². The van der Waals surface area contributed by atoms with E-state index in [1.807, 2.05) is 36.4 Å². The first kappa shape index (κ1) is 32.0. The van der Waals surface area contributed by atoms with Crippen LogP contribution in [0.3, 0.4) is 0 Å². The molecular weight excluding hydrogens is 610 g/mol. The van der Waals surface area contributed by atoms with Gasteiger partial charge in [-0.1, -0.05) is 66.2 Å². The highest BCUT2D eigenvalue weighted by Crippen LogP contribution is 2.53.